The molecule has 0 aromatic rings. The van der Waals surface area contributed by atoms with Crippen LogP contribution in [0.1, 0.15) is 0 Å². The number of rotatable bonds is 2. The molecule has 0 radical (unpaired) electrons. The molecular weight excluding hydrogens is 350 g/mol. The zero-order chi connectivity index (χ0) is 16.3. The standard InChI is InChI=1S/2C5F5.Ca/c2*6-2-1-5(9,10)4(8)3(2)7;. The third kappa shape index (κ3) is 2.26. The van der Waals surface area contributed by atoms with Gasteiger partial charge in [-0.3, -0.25) is 0 Å². The average molecular weight is 350 g/mol. The fourth-order valence-corrected chi connectivity index (χ4v) is 4.53. The number of halogens is 10. The number of hydrogen-bond acceptors (Lipinski definition) is 0. The molecule has 2 aliphatic carbocycles. The van der Waals surface area contributed by atoms with Crippen molar-refractivity contribution in [3.63, 3.8) is 0 Å². The van der Waals surface area contributed by atoms with Crippen molar-refractivity contribution < 1.29 is 43.9 Å². The molecule has 0 aromatic heterocycles. The van der Waals surface area contributed by atoms with Crippen LogP contribution >= 0.6 is 0 Å². The van der Waals surface area contributed by atoms with Gasteiger partial charge in [-0.1, -0.05) is 0 Å². The Bertz CT molecular complexity index is 595. The molecule has 0 saturated heterocycles. The molecular formula is C10CaF10. The van der Waals surface area contributed by atoms with E-state index in [1.165, 1.54) is 0 Å². The average Bonchev–Trinajstić information content (AvgIpc) is 2.63. The molecule has 0 aromatic carbocycles. The van der Waals surface area contributed by atoms with Crippen molar-refractivity contribution in [1.29, 1.82) is 0 Å². The molecule has 0 nitrogen and oxygen atoms in total. The molecule has 2 aliphatic rings. The van der Waals surface area contributed by atoms with Gasteiger partial charge >= 0.3 is 128 Å². The fraction of sp³-hybridized carbons (Fsp3) is 0.200. The summed E-state index contributed by atoms with van der Waals surface area (Å²) in [7, 11) is 0. The van der Waals surface area contributed by atoms with Crippen molar-refractivity contribution in [3.8, 4) is 0 Å². The molecule has 0 N–H and O–H groups in total. The predicted octanol–water partition coefficient (Wildman–Crippen LogP) is 4.65. The van der Waals surface area contributed by atoms with E-state index in [4.69, 9.17) is 0 Å². The SMILES string of the molecule is FC1=C(F)C(F)(F)[C]([Ca][C]2=C(F)C(F)=C(F)C2(F)F)=C1F. The molecule has 0 fully saturated rings. The number of hydrogen-bond donors (Lipinski definition) is 0. The Morgan fingerprint density at radius 1 is 0.524 bits per heavy atom. The molecule has 0 heterocycles. The van der Waals surface area contributed by atoms with Gasteiger partial charge in [-0.05, 0) is 0 Å². The van der Waals surface area contributed by atoms with Crippen LogP contribution in [0, 0.1) is 0 Å². The summed E-state index contributed by atoms with van der Waals surface area (Å²) < 4.78 is 126. The van der Waals surface area contributed by atoms with Crippen LogP contribution in [0.3, 0.4) is 0 Å². The number of alkyl halides is 4. The molecule has 0 spiro atoms. The van der Waals surface area contributed by atoms with E-state index in [1.807, 2.05) is 0 Å². The second-order valence-electron chi connectivity index (χ2n) is 4.17. The van der Waals surface area contributed by atoms with Gasteiger partial charge in [0.15, 0.2) is 0 Å². The Morgan fingerprint density at radius 3 is 1.00 bits per heavy atom. The molecule has 0 amide bonds. The van der Waals surface area contributed by atoms with Crippen molar-refractivity contribution >= 4 is 33.8 Å². The van der Waals surface area contributed by atoms with E-state index in [9.17, 15) is 43.9 Å². The van der Waals surface area contributed by atoms with Gasteiger partial charge in [0.2, 0.25) is 0 Å². The molecule has 2 rings (SSSR count). The van der Waals surface area contributed by atoms with E-state index >= 15 is 0 Å². The van der Waals surface area contributed by atoms with Crippen molar-refractivity contribution in [2.45, 2.75) is 11.8 Å². The van der Waals surface area contributed by atoms with Crippen molar-refractivity contribution in [2.24, 2.45) is 0 Å². The third-order valence-corrected chi connectivity index (χ3v) is 6.42. The fourth-order valence-electron chi connectivity index (χ4n) is 1.83. The first-order valence-electron chi connectivity index (χ1n) is 5.10. The summed E-state index contributed by atoms with van der Waals surface area (Å²) in [6.45, 7) is 0. The molecule has 0 bridgehead atoms. The molecule has 11 heteroatoms. The Labute approximate surface area is 127 Å². The first-order chi connectivity index (χ1) is 9.44. The summed E-state index contributed by atoms with van der Waals surface area (Å²) in [6.07, 6.45) is 0. The van der Waals surface area contributed by atoms with E-state index in [0.717, 1.165) is 0 Å². The summed E-state index contributed by atoms with van der Waals surface area (Å²) in [5.41, 5.74) is 0. The molecule has 112 valence electrons. The van der Waals surface area contributed by atoms with Crippen LogP contribution in [0.25, 0.3) is 0 Å². The Kier molecular flexibility index (Phi) is 4.04. The second kappa shape index (κ2) is 5.02. The molecule has 0 atom stereocenters. The molecule has 0 unspecified atom stereocenters. The van der Waals surface area contributed by atoms with Crippen LogP contribution in [0.15, 0.2) is 38.3 Å². The zero-order valence-corrected chi connectivity index (χ0v) is 11.7. The predicted molar refractivity (Wildman–Crippen MR) is 50.4 cm³/mol. The summed E-state index contributed by atoms with van der Waals surface area (Å²) in [5.74, 6) is -25.4. The molecule has 21 heavy (non-hydrogen) atoms. The quantitative estimate of drug-likeness (QED) is 0.502. The Hall–Kier alpha value is -0.480. The van der Waals surface area contributed by atoms with Gasteiger partial charge in [0.05, 0.1) is 0 Å². The Morgan fingerprint density at radius 2 is 0.810 bits per heavy atom. The van der Waals surface area contributed by atoms with Crippen molar-refractivity contribution in [2.75, 3.05) is 0 Å². The van der Waals surface area contributed by atoms with Gasteiger partial charge in [-0.2, -0.15) is 0 Å². The number of allylic oxidation sites excluding steroid dienone is 8. The summed E-state index contributed by atoms with van der Waals surface area (Å²) in [5, 5.41) is 0. The van der Waals surface area contributed by atoms with Crippen LogP contribution in [0.5, 0.6) is 0 Å². The van der Waals surface area contributed by atoms with E-state index in [-0.39, 0.29) is 0 Å². The summed E-state index contributed by atoms with van der Waals surface area (Å²) in [6, 6.07) is 0. The maximum atomic E-state index is 13.2. The first-order valence-corrected chi connectivity index (χ1v) is 7.31. The summed E-state index contributed by atoms with van der Waals surface area (Å²) >= 11 is -4.13. The van der Waals surface area contributed by atoms with Gasteiger partial charge < -0.3 is 0 Å². The van der Waals surface area contributed by atoms with E-state index < -0.39 is 84.0 Å². The first kappa shape index (κ1) is 16.9. The zero-order valence-electron chi connectivity index (χ0n) is 9.49. The van der Waals surface area contributed by atoms with Crippen molar-refractivity contribution in [3.05, 3.63) is 38.3 Å². The van der Waals surface area contributed by atoms with Crippen molar-refractivity contribution in [1.82, 2.24) is 0 Å². The maximum absolute atomic E-state index is 13.2. The molecule has 0 saturated carbocycles. The van der Waals surface area contributed by atoms with Crippen LogP contribution in [-0.4, -0.2) is 45.7 Å². The van der Waals surface area contributed by atoms with E-state index in [0.29, 0.717) is 0 Å². The van der Waals surface area contributed by atoms with Gasteiger partial charge in [-0.15, -0.1) is 0 Å². The van der Waals surface area contributed by atoms with Crippen LogP contribution in [-0.2, 0) is 0 Å². The third-order valence-electron chi connectivity index (χ3n) is 2.96. The van der Waals surface area contributed by atoms with Gasteiger partial charge in [-0.25, -0.2) is 0 Å². The normalized spacial score (nSPS) is 24.5. The van der Waals surface area contributed by atoms with Gasteiger partial charge in [0.1, 0.15) is 0 Å². The van der Waals surface area contributed by atoms with Crippen LogP contribution in [0.2, 0.25) is 0 Å². The monoisotopic (exact) mass is 350 g/mol. The minimum absolute atomic E-state index is 1.99. The van der Waals surface area contributed by atoms with E-state index in [2.05, 4.69) is 0 Å². The van der Waals surface area contributed by atoms with E-state index in [1.54, 1.807) is 0 Å². The second-order valence-corrected chi connectivity index (χ2v) is 6.93. The minimum atomic E-state index is -4.87. The Balaban J connectivity index is 2.47. The molecule has 0 aliphatic heterocycles. The van der Waals surface area contributed by atoms with Crippen LogP contribution in [0.4, 0.5) is 43.9 Å². The summed E-state index contributed by atoms with van der Waals surface area (Å²) in [4.78, 5) is 0. The topological polar surface area (TPSA) is 0 Å². The van der Waals surface area contributed by atoms with Gasteiger partial charge in [0, 0.05) is 0 Å². The van der Waals surface area contributed by atoms with Crippen LogP contribution < -0.4 is 0 Å². The van der Waals surface area contributed by atoms with Gasteiger partial charge in [0.25, 0.3) is 0 Å².